The van der Waals surface area contributed by atoms with Crippen LogP contribution in [0.25, 0.3) is 4.91 Å². The van der Waals surface area contributed by atoms with Crippen molar-refractivity contribution in [2.75, 3.05) is 38.1 Å². The summed E-state index contributed by atoms with van der Waals surface area (Å²) in [6, 6.07) is 6.19. The van der Waals surface area contributed by atoms with Crippen molar-refractivity contribution in [3.8, 4) is 5.75 Å². The Morgan fingerprint density at radius 1 is 1.10 bits per heavy atom. The van der Waals surface area contributed by atoms with Gasteiger partial charge in [0.15, 0.2) is 0 Å². The normalized spacial score (nSPS) is 23.0. The predicted molar refractivity (Wildman–Crippen MR) is 227 cm³/mol. The molecule has 1 aromatic carbocycles. The first-order valence-electron chi connectivity index (χ1n) is 20.6. The second-order valence-corrected chi connectivity index (χ2v) is 18.1. The van der Waals surface area contributed by atoms with Crippen molar-refractivity contribution >= 4 is 28.8 Å². The van der Waals surface area contributed by atoms with Gasteiger partial charge in [0.25, 0.3) is 6.47 Å². The van der Waals surface area contributed by atoms with Crippen molar-refractivity contribution in [2.45, 2.75) is 147 Å². The summed E-state index contributed by atoms with van der Waals surface area (Å²) in [5, 5.41) is 6.89. The molecule has 1 aromatic rings. The Balaban J connectivity index is 0.000000591. The zero-order valence-corrected chi connectivity index (χ0v) is 36.5. The SMILES string of the molecule is C=C(S/C(=C\C(C)CC)CC)c1cc(N2CC3(CCN(C)C3)C2)ccc1OC(F)C(C)CC.CC.CCCC1CC(C)CC(C(C)(C)C)C1.O=CO. The van der Waals surface area contributed by atoms with Gasteiger partial charge in [0.1, 0.15) is 5.75 Å². The highest BCUT2D eigenvalue weighted by atomic mass is 32.2. The molecular formula is C45H79FN2O3S. The second kappa shape index (κ2) is 23.7. The minimum Gasteiger partial charge on any atom is -0.483 e. The Labute approximate surface area is 324 Å². The molecule has 0 aromatic heterocycles. The summed E-state index contributed by atoms with van der Waals surface area (Å²) < 4.78 is 20.6. The molecule has 1 spiro atoms. The van der Waals surface area contributed by atoms with Gasteiger partial charge in [-0.3, -0.25) is 4.79 Å². The molecule has 1 N–H and O–H groups in total. The number of halogens is 1. The van der Waals surface area contributed by atoms with Crippen LogP contribution in [0.5, 0.6) is 5.75 Å². The third kappa shape index (κ3) is 15.4. The maximum atomic E-state index is 14.8. The van der Waals surface area contributed by atoms with E-state index in [1.165, 1.54) is 62.2 Å². The molecule has 2 aliphatic heterocycles. The first-order chi connectivity index (χ1) is 24.5. The third-order valence-corrected chi connectivity index (χ3v) is 12.5. The van der Waals surface area contributed by atoms with Gasteiger partial charge in [0, 0.05) is 47.1 Å². The Morgan fingerprint density at radius 2 is 1.73 bits per heavy atom. The van der Waals surface area contributed by atoms with E-state index in [9.17, 15) is 4.39 Å². The van der Waals surface area contributed by atoms with Gasteiger partial charge in [-0.25, -0.2) is 4.39 Å². The Hall–Kier alpha value is -1.99. The van der Waals surface area contributed by atoms with Gasteiger partial charge in [-0.2, -0.15) is 0 Å². The molecule has 7 heteroatoms. The van der Waals surface area contributed by atoms with Crippen molar-refractivity contribution in [1.82, 2.24) is 4.90 Å². The lowest BCUT2D eigenvalue weighted by Gasteiger charge is -2.49. The molecule has 3 fully saturated rings. The molecule has 0 bridgehead atoms. The number of anilines is 1. The number of alkyl halides is 1. The highest BCUT2D eigenvalue weighted by Gasteiger charge is 2.46. The smallest absolute Gasteiger partial charge is 0.290 e. The molecule has 1 saturated carbocycles. The third-order valence-electron chi connectivity index (χ3n) is 11.3. The second-order valence-electron chi connectivity index (χ2n) is 16.9. The fraction of sp³-hybridized carbons (Fsp3) is 0.756. The number of ether oxygens (including phenoxy) is 1. The minimum atomic E-state index is -1.32. The van der Waals surface area contributed by atoms with E-state index < -0.39 is 6.36 Å². The van der Waals surface area contributed by atoms with Crippen molar-refractivity contribution < 1.29 is 19.0 Å². The van der Waals surface area contributed by atoms with Crippen LogP contribution < -0.4 is 9.64 Å². The van der Waals surface area contributed by atoms with Crippen LogP contribution in [0.3, 0.4) is 0 Å². The Bertz CT molecular complexity index is 1210. The number of carboxylic acid groups (broad SMARTS) is 1. The zero-order chi connectivity index (χ0) is 39.6. The molecule has 2 heterocycles. The number of nitrogens with zero attached hydrogens (tertiary/aromatic N) is 2. The number of thioether (sulfide) groups is 1. The van der Waals surface area contributed by atoms with E-state index >= 15 is 0 Å². The van der Waals surface area contributed by atoms with E-state index in [1.807, 2.05) is 33.8 Å². The van der Waals surface area contributed by atoms with Gasteiger partial charge < -0.3 is 19.6 Å². The molecule has 5 nitrogen and oxygen atoms in total. The van der Waals surface area contributed by atoms with Crippen LogP contribution in [0.15, 0.2) is 35.8 Å². The summed E-state index contributed by atoms with van der Waals surface area (Å²) >= 11 is 1.70. The van der Waals surface area contributed by atoms with Crippen LogP contribution in [0.4, 0.5) is 10.1 Å². The highest BCUT2D eigenvalue weighted by molar-refractivity contribution is 8.11. The molecule has 0 amide bonds. The highest BCUT2D eigenvalue weighted by Crippen LogP contribution is 2.46. The fourth-order valence-corrected chi connectivity index (χ4v) is 8.82. The summed E-state index contributed by atoms with van der Waals surface area (Å²) in [5.74, 6) is 3.92. The summed E-state index contributed by atoms with van der Waals surface area (Å²) in [5.41, 5.74) is 3.06. The number of allylic oxidation sites excluding steroid dienone is 2. The first kappa shape index (κ1) is 48.0. The first-order valence-corrected chi connectivity index (χ1v) is 21.4. The van der Waals surface area contributed by atoms with E-state index in [-0.39, 0.29) is 12.4 Å². The summed E-state index contributed by atoms with van der Waals surface area (Å²) in [6.45, 7) is 35.2. The Kier molecular flexibility index (Phi) is 21.9. The minimum absolute atomic E-state index is 0.149. The van der Waals surface area contributed by atoms with Crippen LogP contribution in [0, 0.1) is 40.4 Å². The largest absolute Gasteiger partial charge is 0.483 e. The van der Waals surface area contributed by atoms with E-state index in [4.69, 9.17) is 14.6 Å². The van der Waals surface area contributed by atoms with Crippen LogP contribution in [-0.2, 0) is 4.79 Å². The maximum Gasteiger partial charge on any atom is 0.290 e. The van der Waals surface area contributed by atoms with Crippen LogP contribution in [-0.4, -0.2) is 56.1 Å². The quantitative estimate of drug-likeness (QED) is 0.203. The molecule has 4 rings (SSSR count). The summed E-state index contributed by atoms with van der Waals surface area (Å²) in [7, 11) is 2.21. The number of benzene rings is 1. The molecule has 1 aliphatic carbocycles. The maximum absolute atomic E-state index is 14.8. The zero-order valence-electron chi connectivity index (χ0n) is 35.7. The van der Waals surface area contributed by atoms with Crippen LogP contribution in [0.2, 0.25) is 0 Å². The topological polar surface area (TPSA) is 53.0 Å². The molecule has 2 saturated heterocycles. The van der Waals surface area contributed by atoms with Crippen molar-refractivity contribution in [2.24, 2.45) is 40.4 Å². The average Bonchev–Trinajstić information content (AvgIpc) is 3.50. The van der Waals surface area contributed by atoms with Crippen molar-refractivity contribution in [1.29, 1.82) is 0 Å². The van der Waals surface area contributed by atoms with Gasteiger partial charge in [0.05, 0.1) is 0 Å². The monoisotopic (exact) mass is 747 g/mol. The lowest BCUT2D eigenvalue weighted by molar-refractivity contribution is -0.122. The van der Waals surface area contributed by atoms with Gasteiger partial charge in [-0.15, -0.1) is 0 Å². The van der Waals surface area contributed by atoms with E-state index in [1.54, 1.807) is 11.8 Å². The molecule has 52 heavy (non-hydrogen) atoms. The van der Waals surface area contributed by atoms with Gasteiger partial charge in [-0.05, 0) is 104 Å². The fourth-order valence-electron chi connectivity index (χ4n) is 7.79. The van der Waals surface area contributed by atoms with Gasteiger partial charge in [0.2, 0.25) is 6.36 Å². The molecule has 300 valence electrons. The van der Waals surface area contributed by atoms with E-state index in [0.29, 0.717) is 22.5 Å². The standard InChI is InChI=1S/C28H43FN2OS.C14H28.C2H6.CH2O2/c1-8-20(4)15-24(10-3)33-22(6)25-16-23(11-12-26(25)32-27(29)21(5)9-2)31-18-28(19-31)13-14-30(7)17-28;1-6-7-12-8-11(2)9-13(10-12)14(3,4)5;1-2;2-1-3/h11-12,15-16,20-21,27H,6,8-10,13-14,17-19H2,1-5,7H3;11-13H,6-10H2,1-5H3;1-2H3;1H,(H,2,3)/b24-15-;;;. The van der Waals surface area contributed by atoms with Gasteiger partial charge >= 0.3 is 0 Å². The molecule has 6 unspecified atom stereocenters. The Morgan fingerprint density at radius 3 is 2.23 bits per heavy atom. The van der Waals surface area contributed by atoms with Crippen LogP contribution >= 0.6 is 11.8 Å². The lowest BCUT2D eigenvalue weighted by atomic mass is 9.65. The van der Waals surface area contributed by atoms with E-state index in [2.05, 4.69) is 97.0 Å². The molecule has 0 radical (unpaired) electrons. The molecule has 6 atom stereocenters. The molecular weight excluding hydrogens is 668 g/mol. The van der Waals surface area contributed by atoms with Gasteiger partial charge in [-0.1, -0.05) is 127 Å². The number of hydrogen-bond donors (Lipinski definition) is 1. The number of hydrogen-bond acceptors (Lipinski definition) is 5. The summed E-state index contributed by atoms with van der Waals surface area (Å²) in [6.07, 6.45) is 12.4. The average molecular weight is 747 g/mol. The lowest BCUT2D eigenvalue weighted by Crippen LogP contribution is -2.57. The van der Waals surface area contributed by atoms with Crippen molar-refractivity contribution in [3.63, 3.8) is 0 Å². The summed E-state index contributed by atoms with van der Waals surface area (Å²) in [4.78, 5) is 15.5. The number of likely N-dealkylation sites (tertiary alicyclic amines) is 1. The number of rotatable bonds is 13. The van der Waals surface area contributed by atoms with E-state index in [0.717, 1.165) is 60.6 Å². The van der Waals surface area contributed by atoms with Crippen molar-refractivity contribution in [3.05, 3.63) is 41.3 Å². The number of carbonyl (C=O) groups is 1. The van der Waals surface area contributed by atoms with Crippen LogP contribution in [0.1, 0.15) is 146 Å². The molecule has 3 aliphatic rings. The predicted octanol–water partition coefficient (Wildman–Crippen LogP) is 13.2.